The van der Waals surface area contributed by atoms with Gasteiger partial charge in [-0.05, 0) is 33.8 Å². The molecular weight excluding hydrogens is 382 g/mol. The fourth-order valence-electron chi connectivity index (χ4n) is 3.34. The van der Waals surface area contributed by atoms with Crippen molar-refractivity contribution in [3.05, 3.63) is 39.4 Å². The number of ether oxygens (including phenoxy) is 1. The highest BCUT2D eigenvalue weighted by molar-refractivity contribution is 6.23. The number of carbonyl (C=O) groups is 4. The number of carbonyl (C=O) groups excluding carboxylic acids is 4. The van der Waals surface area contributed by atoms with Gasteiger partial charge in [-0.15, -0.1) is 0 Å². The lowest BCUT2D eigenvalue weighted by Gasteiger charge is -2.30. The van der Waals surface area contributed by atoms with Gasteiger partial charge in [0.15, 0.2) is 6.61 Å². The molecule has 29 heavy (non-hydrogen) atoms. The van der Waals surface area contributed by atoms with Crippen molar-refractivity contribution in [1.29, 1.82) is 0 Å². The van der Waals surface area contributed by atoms with Crippen LogP contribution in [0, 0.1) is 10.1 Å². The largest absolute Gasteiger partial charge is 0.456 e. The minimum atomic E-state index is -0.827. The molecule has 1 aromatic carbocycles. The Morgan fingerprint density at radius 1 is 1.14 bits per heavy atom. The van der Waals surface area contributed by atoms with Crippen molar-refractivity contribution in [1.82, 2.24) is 9.80 Å². The first-order valence-electron chi connectivity index (χ1n) is 9.16. The molecule has 2 rings (SSSR count). The lowest BCUT2D eigenvalue weighted by Crippen LogP contribution is -2.44. The lowest BCUT2D eigenvalue weighted by molar-refractivity contribution is -0.385. The third-order valence-corrected chi connectivity index (χ3v) is 4.47. The summed E-state index contributed by atoms with van der Waals surface area (Å²) in [7, 11) is 0. The Kier molecular flexibility index (Phi) is 6.68. The monoisotopic (exact) mass is 405 g/mol. The molecule has 0 bridgehead atoms. The molecule has 0 aromatic heterocycles. The topological polar surface area (TPSA) is 127 Å². The molecule has 3 amide bonds. The Labute approximate surface area is 167 Å². The number of benzene rings is 1. The number of esters is 1. The fraction of sp³-hybridized carbons (Fsp3) is 0.474. The van der Waals surface area contributed by atoms with Gasteiger partial charge in [0.05, 0.1) is 16.9 Å². The first kappa shape index (κ1) is 22.0. The van der Waals surface area contributed by atoms with Crippen LogP contribution in [0.1, 0.15) is 54.8 Å². The van der Waals surface area contributed by atoms with Crippen LogP contribution in [-0.4, -0.2) is 63.6 Å². The van der Waals surface area contributed by atoms with Crippen molar-refractivity contribution in [2.45, 2.75) is 46.2 Å². The van der Waals surface area contributed by atoms with Crippen molar-refractivity contribution in [3.63, 3.8) is 0 Å². The van der Waals surface area contributed by atoms with Crippen LogP contribution in [0.5, 0.6) is 0 Å². The average molecular weight is 405 g/mol. The van der Waals surface area contributed by atoms with E-state index in [4.69, 9.17) is 4.74 Å². The number of hydrogen-bond acceptors (Lipinski definition) is 7. The normalized spacial score (nSPS) is 13.1. The van der Waals surface area contributed by atoms with Crippen LogP contribution in [-0.2, 0) is 14.3 Å². The Morgan fingerprint density at radius 3 is 2.31 bits per heavy atom. The van der Waals surface area contributed by atoms with Crippen molar-refractivity contribution in [2.75, 3.05) is 13.2 Å². The second-order valence-electron chi connectivity index (χ2n) is 7.12. The van der Waals surface area contributed by atoms with Crippen LogP contribution in [0.2, 0.25) is 0 Å². The standard InChI is InChI=1S/C19H23N3O7/c1-11(2)21(12(3)4)15(23)10-29-16(24)8-9-20-18(25)13-6-5-7-14(22(27)28)17(13)19(20)26/h5-7,11-12H,8-10H2,1-4H3. The molecule has 0 radical (unpaired) electrons. The van der Waals surface area contributed by atoms with Gasteiger partial charge in [-0.25, -0.2) is 0 Å². The summed E-state index contributed by atoms with van der Waals surface area (Å²) >= 11 is 0. The van der Waals surface area contributed by atoms with Crippen molar-refractivity contribution in [2.24, 2.45) is 0 Å². The number of nitrogens with zero attached hydrogens (tertiary/aromatic N) is 3. The second-order valence-corrected chi connectivity index (χ2v) is 7.12. The van der Waals surface area contributed by atoms with Crippen LogP contribution in [0.25, 0.3) is 0 Å². The quantitative estimate of drug-likeness (QED) is 0.279. The Bertz CT molecular complexity index is 855. The SMILES string of the molecule is CC(C)N(C(=O)COC(=O)CCN1C(=O)c2cccc([N+](=O)[O-])c2C1=O)C(C)C. The summed E-state index contributed by atoms with van der Waals surface area (Å²) in [5.41, 5.74) is -0.813. The van der Waals surface area contributed by atoms with E-state index in [-0.39, 0.29) is 42.1 Å². The third kappa shape index (κ3) is 4.58. The molecule has 1 aliphatic rings. The smallest absolute Gasteiger partial charge is 0.308 e. The van der Waals surface area contributed by atoms with Crippen LogP contribution in [0.4, 0.5) is 5.69 Å². The van der Waals surface area contributed by atoms with Crippen LogP contribution in [0.15, 0.2) is 18.2 Å². The number of hydrogen-bond donors (Lipinski definition) is 0. The number of nitro benzene ring substituents is 1. The van der Waals surface area contributed by atoms with Crippen molar-refractivity contribution >= 4 is 29.4 Å². The second kappa shape index (κ2) is 8.80. The first-order valence-corrected chi connectivity index (χ1v) is 9.16. The maximum absolute atomic E-state index is 12.4. The molecule has 0 fully saturated rings. The fourth-order valence-corrected chi connectivity index (χ4v) is 3.34. The Hall–Kier alpha value is -3.30. The maximum atomic E-state index is 12.4. The molecule has 0 saturated heterocycles. The molecule has 0 aliphatic carbocycles. The van der Waals surface area contributed by atoms with E-state index in [1.807, 2.05) is 27.7 Å². The summed E-state index contributed by atoms with van der Waals surface area (Å²) in [5, 5.41) is 11.1. The number of fused-ring (bicyclic) bond motifs is 1. The van der Waals surface area contributed by atoms with Gasteiger partial charge in [-0.3, -0.25) is 34.2 Å². The molecular formula is C19H23N3O7. The predicted molar refractivity (Wildman–Crippen MR) is 101 cm³/mol. The summed E-state index contributed by atoms with van der Waals surface area (Å²) in [5.74, 6) is -2.63. The van der Waals surface area contributed by atoms with E-state index >= 15 is 0 Å². The van der Waals surface area contributed by atoms with Gasteiger partial charge in [0.1, 0.15) is 5.56 Å². The van der Waals surface area contributed by atoms with E-state index in [2.05, 4.69) is 0 Å². The first-order chi connectivity index (χ1) is 13.6. The number of amides is 3. The van der Waals surface area contributed by atoms with E-state index in [0.717, 1.165) is 11.0 Å². The van der Waals surface area contributed by atoms with E-state index < -0.39 is 35.0 Å². The number of nitro groups is 1. The van der Waals surface area contributed by atoms with E-state index in [1.165, 1.54) is 12.1 Å². The zero-order valence-corrected chi connectivity index (χ0v) is 16.7. The summed E-state index contributed by atoms with van der Waals surface area (Å²) in [4.78, 5) is 61.7. The Morgan fingerprint density at radius 2 is 1.76 bits per heavy atom. The van der Waals surface area contributed by atoms with Crippen LogP contribution < -0.4 is 0 Å². The molecule has 0 N–H and O–H groups in total. The van der Waals surface area contributed by atoms with E-state index in [0.29, 0.717) is 0 Å². The molecule has 1 heterocycles. The number of rotatable bonds is 8. The van der Waals surface area contributed by atoms with Gasteiger partial charge >= 0.3 is 5.97 Å². The number of imide groups is 1. The molecule has 10 nitrogen and oxygen atoms in total. The van der Waals surface area contributed by atoms with Crippen molar-refractivity contribution < 1.29 is 28.8 Å². The van der Waals surface area contributed by atoms with E-state index in [9.17, 15) is 29.3 Å². The molecule has 1 aromatic rings. The lowest BCUT2D eigenvalue weighted by atomic mass is 10.1. The average Bonchev–Trinajstić information content (AvgIpc) is 2.88. The van der Waals surface area contributed by atoms with Gasteiger partial charge in [-0.1, -0.05) is 6.07 Å². The highest BCUT2D eigenvalue weighted by atomic mass is 16.6. The summed E-state index contributed by atoms with van der Waals surface area (Å²) in [6, 6.07) is 3.67. The third-order valence-electron chi connectivity index (χ3n) is 4.47. The molecule has 0 unspecified atom stereocenters. The van der Waals surface area contributed by atoms with Crippen molar-refractivity contribution in [3.8, 4) is 0 Å². The van der Waals surface area contributed by atoms with Gasteiger partial charge in [-0.2, -0.15) is 0 Å². The minimum absolute atomic E-state index is 0.0599. The summed E-state index contributed by atoms with van der Waals surface area (Å²) in [6.07, 6.45) is -0.324. The molecule has 10 heteroatoms. The van der Waals surface area contributed by atoms with Gasteiger partial charge < -0.3 is 9.64 Å². The maximum Gasteiger partial charge on any atom is 0.308 e. The molecule has 156 valence electrons. The molecule has 0 atom stereocenters. The van der Waals surface area contributed by atoms with Crippen LogP contribution in [0.3, 0.4) is 0 Å². The minimum Gasteiger partial charge on any atom is -0.456 e. The predicted octanol–water partition coefficient (Wildman–Crippen LogP) is 1.77. The molecule has 0 saturated carbocycles. The summed E-state index contributed by atoms with van der Waals surface area (Å²) < 4.78 is 4.97. The van der Waals surface area contributed by atoms with E-state index in [1.54, 1.807) is 4.90 Å². The zero-order valence-electron chi connectivity index (χ0n) is 16.7. The molecule has 1 aliphatic heterocycles. The Balaban J connectivity index is 1.97. The van der Waals surface area contributed by atoms with Gasteiger partial charge in [0.2, 0.25) is 0 Å². The summed E-state index contributed by atoms with van der Waals surface area (Å²) in [6.45, 7) is 6.65. The van der Waals surface area contributed by atoms with Gasteiger partial charge in [0, 0.05) is 24.7 Å². The highest BCUT2D eigenvalue weighted by Crippen LogP contribution is 2.30. The highest BCUT2D eigenvalue weighted by Gasteiger charge is 2.40. The van der Waals surface area contributed by atoms with Crippen LogP contribution >= 0.6 is 0 Å². The zero-order chi connectivity index (χ0) is 21.9. The molecule has 0 spiro atoms. The van der Waals surface area contributed by atoms with Gasteiger partial charge in [0.25, 0.3) is 23.4 Å².